The number of hydrogen-bond acceptors (Lipinski definition) is 3. The average Bonchev–Trinajstić information content (AvgIpc) is 3.30. The highest BCUT2D eigenvalue weighted by atomic mass is 35.5. The fourth-order valence-corrected chi connectivity index (χ4v) is 3.99. The zero-order valence-electron chi connectivity index (χ0n) is 18.3. The van der Waals surface area contributed by atoms with Crippen LogP contribution in [0.5, 0.6) is 0 Å². The van der Waals surface area contributed by atoms with Crippen molar-refractivity contribution in [2.24, 2.45) is 0 Å². The summed E-state index contributed by atoms with van der Waals surface area (Å²) in [6.45, 7) is 7.39. The molecule has 0 aliphatic carbocycles. The maximum atomic E-state index is 6.31. The molecule has 0 unspecified atom stereocenters. The van der Waals surface area contributed by atoms with E-state index in [-0.39, 0.29) is 0 Å². The number of rotatable bonds is 6. The van der Waals surface area contributed by atoms with E-state index < -0.39 is 0 Å². The zero-order chi connectivity index (χ0) is 22.7. The van der Waals surface area contributed by atoms with E-state index in [1.54, 1.807) is 6.20 Å². The molecular weight excluding hydrogens is 440 g/mol. The predicted molar refractivity (Wildman–Crippen MR) is 135 cm³/mol. The Bertz CT molecular complexity index is 1260. The number of aryl methyl sites for hydroxylation is 2. The first-order valence-corrected chi connectivity index (χ1v) is 11.1. The average molecular weight is 465 g/mol. The van der Waals surface area contributed by atoms with Gasteiger partial charge in [-0.1, -0.05) is 54.1 Å². The van der Waals surface area contributed by atoms with Crippen LogP contribution >= 0.6 is 23.8 Å². The molecule has 0 atom stereocenters. The van der Waals surface area contributed by atoms with E-state index >= 15 is 0 Å². The summed E-state index contributed by atoms with van der Waals surface area (Å²) in [6, 6.07) is 16.1. The van der Waals surface area contributed by atoms with Gasteiger partial charge in [-0.05, 0) is 55.7 Å². The number of thiocarbonyl (C=S) groups is 1. The summed E-state index contributed by atoms with van der Waals surface area (Å²) in [6.07, 6.45) is 3.72. The molecule has 0 saturated heterocycles. The van der Waals surface area contributed by atoms with Crippen LogP contribution in [-0.2, 0) is 13.1 Å². The number of benzene rings is 2. The Kier molecular flexibility index (Phi) is 6.58. The van der Waals surface area contributed by atoms with Crippen LogP contribution < -0.4 is 10.6 Å². The van der Waals surface area contributed by atoms with Gasteiger partial charge in [-0.25, -0.2) is 0 Å². The molecule has 0 spiro atoms. The van der Waals surface area contributed by atoms with Gasteiger partial charge in [-0.3, -0.25) is 9.36 Å². The van der Waals surface area contributed by atoms with Gasteiger partial charge in [0.05, 0.1) is 42.0 Å². The summed E-state index contributed by atoms with van der Waals surface area (Å²) < 4.78 is 3.83. The number of hydrogen-bond donors (Lipinski definition) is 2. The summed E-state index contributed by atoms with van der Waals surface area (Å²) in [4.78, 5) is 0. The number of aromatic nitrogens is 4. The fourth-order valence-electron chi connectivity index (χ4n) is 3.57. The van der Waals surface area contributed by atoms with Crippen molar-refractivity contribution in [1.82, 2.24) is 19.6 Å². The number of nitrogens with zero attached hydrogens (tertiary/aromatic N) is 4. The normalized spacial score (nSPS) is 10.9. The molecule has 2 aromatic heterocycles. The highest BCUT2D eigenvalue weighted by Gasteiger charge is 2.14. The maximum absolute atomic E-state index is 6.31. The first kappa shape index (κ1) is 22.0. The largest absolute Gasteiger partial charge is 0.330 e. The lowest BCUT2D eigenvalue weighted by Gasteiger charge is -2.10. The second kappa shape index (κ2) is 9.54. The van der Waals surface area contributed by atoms with Gasteiger partial charge in [-0.2, -0.15) is 10.2 Å². The van der Waals surface area contributed by atoms with Crippen LogP contribution in [0.15, 0.2) is 60.9 Å². The summed E-state index contributed by atoms with van der Waals surface area (Å²) in [5.74, 6) is 0. The molecule has 2 N–H and O–H groups in total. The van der Waals surface area contributed by atoms with E-state index in [1.165, 1.54) is 11.1 Å². The topological polar surface area (TPSA) is 59.7 Å². The second-order valence-electron chi connectivity index (χ2n) is 7.73. The lowest BCUT2D eigenvalue weighted by atomic mass is 10.1. The Morgan fingerprint density at radius 1 is 0.969 bits per heavy atom. The van der Waals surface area contributed by atoms with Gasteiger partial charge < -0.3 is 10.6 Å². The monoisotopic (exact) mass is 464 g/mol. The third-order valence-corrected chi connectivity index (χ3v) is 5.96. The molecule has 164 valence electrons. The van der Waals surface area contributed by atoms with E-state index in [2.05, 4.69) is 39.9 Å². The molecule has 32 heavy (non-hydrogen) atoms. The van der Waals surface area contributed by atoms with E-state index in [1.807, 2.05) is 65.8 Å². The molecular formula is C24H25ClN6S. The maximum Gasteiger partial charge on any atom is 0.175 e. The fraction of sp³-hybridized carbons (Fsp3) is 0.208. The van der Waals surface area contributed by atoms with Crippen LogP contribution in [0.2, 0.25) is 5.02 Å². The summed E-state index contributed by atoms with van der Waals surface area (Å²) in [7, 11) is 0. The summed E-state index contributed by atoms with van der Waals surface area (Å²) in [5, 5.41) is 16.8. The lowest BCUT2D eigenvalue weighted by molar-refractivity contribution is 0.659. The van der Waals surface area contributed by atoms with Gasteiger partial charge in [0.15, 0.2) is 5.11 Å². The first-order valence-electron chi connectivity index (χ1n) is 10.3. The second-order valence-corrected chi connectivity index (χ2v) is 8.54. The quantitative estimate of drug-likeness (QED) is 0.365. The van der Waals surface area contributed by atoms with Crippen LogP contribution in [0, 0.1) is 20.8 Å². The van der Waals surface area contributed by atoms with Crippen molar-refractivity contribution in [3.63, 3.8) is 0 Å². The van der Waals surface area contributed by atoms with E-state index in [0.29, 0.717) is 18.2 Å². The van der Waals surface area contributed by atoms with Crippen LogP contribution in [0.1, 0.15) is 28.1 Å². The molecule has 0 radical (unpaired) electrons. The van der Waals surface area contributed by atoms with Gasteiger partial charge in [0.1, 0.15) is 0 Å². The third-order valence-electron chi connectivity index (χ3n) is 5.38. The molecule has 0 aliphatic heterocycles. The van der Waals surface area contributed by atoms with Gasteiger partial charge in [0, 0.05) is 11.2 Å². The van der Waals surface area contributed by atoms with Gasteiger partial charge in [0.25, 0.3) is 0 Å². The van der Waals surface area contributed by atoms with Gasteiger partial charge in [0.2, 0.25) is 0 Å². The SMILES string of the molecule is Cc1ccccc1Cn1cc(NC(=S)Nc2c(C)nn(Cc3ccccc3Cl)c2C)cn1. The predicted octanol–water partition coefficient (Wildman–Crippen LogP) is 5.56. The van der Waals surface area contributed by atoms with E-state index in [9.17, 15) is 0 Å². The zero-order valence-corrected chi connectivity index (χ0v) is 19.8. The molecule has 8 heteroatoms. The Balaban J connectivity index is 1.41. The smallest absolute Gasteiger partial charge is 0.175 e. The minimum Gasteiger partial charge on any atom is -0.330 e. The molecule has 0 amide bonds. The van der Waals surface area contributed by atoms with Crippen molar-refractivity contribution in [3.8, 4) is 0 Å². The highest BCUT2D eigenvalue weighted by Crippen LogP contribution is 2.23. The lowest BCUT2D eigenvalue weighted by Crippen LogP contribution is -2.19. The Morgan fingerprint density at radius 2 is 1.69 bits per heavy atom. The van der Waals surface area contributed by atoms with Crippen LogP contribution in [0.3, 0.4) is 0 Å². The van der Waals surface area contributed by atoms with E-state index in [0.717, 1.165) is 33.3 Å². The molecule has 0 bridgehead atoms. The van der Waals surface area contributed by atoms with Crippen LogP contribution in [0.4, 0.5) is 11.4 Å². The molecule has 0 fully saturated rings. The minimum atomic E-state index is 0.490. The minimum absolute atomic E-state index is 0.490. The first-order chi connectivity index (χ1) is 15.4. The number of anilines is 2. The Labute approximate surface area is 198 Å². The molecule has 2 heterocycles. The molecule has 2 aromatic carbocycles. The summed E-state index contributed by atoms with van der Waals surface area (Å²) >= 11 is 11.9. The van der Waals surface area contributed by atoms with E-state index in [4.69, 9.17) is 23.8 Å². The Hall–Kier alpha value is -3.16. The third kappa shape index (κ3) is 5.00. The van der Waals surface area contributed by atoms with Crippen molar-refractivity contribution < 1.29 is 0 Å². The number of nitrogens with one attached hydrogen (secondary N) is 2. The molecule has 4 rings (SSSR count). The molecule has 0 aliphatic rings. The van der Waals surface area contributed by atoms with Crippen molar-refractivity contribution in [3.05, 3.63) is 94.0 Å². The highest BCUT2D eigenvalue weighted by molar-refractivity contribution is 7.80. The van der Waals surface area contributed by atoms with Crippen molar-refractivity contribution in [2.45, 2.75) is 33.9 Å². The van der Waals surface area contributed by atoms with Gasteiger partial charge >= 0.3 is 0 Å². The van der Waals surface area contributed by atoms with Crippen LogP contribution in [0.25, 0.3) is 0 Å². The van der Waals surface area contributed by atoms with Crippen LogP contribution in [-0.4, -0.2) is 24.7 Å². The molecule has 6 nitrogen and oxygen atoms in total. The standard InChI is InChI=1S/C24H25ClN6S/c1-16-8-4-5-9-19(16)13-30-15-21(12-26-30)27-24(32)28-23-17(2)29-31(18(23)3)14-20-10-6-7-11-22(20)25/h4-12,15H,13-14H2,1-3H3,(H2,27,28,32). The molecule has 0 saturated carbocycles. The molecule has 4 aromatic rings. The van der Waals surface area contributed by atoms with Crippen molar-refractivity contribution in [2.75, 3.05) is 10.6 Å². The van der Waals surface area contributed by atoms with Gasteiger partial charge in [-0.15, -0.1) is 0 Å². The number of halogens is 1. The summed E-state index contributed by atoms with van der Waals surface area (Å²) in [5.41, 5.74) is 7.08. The van der Waals surface area contributed by atoms with Crippen molar-refractivity contribution in [1.29, 1.82) is 0 Å². The van der Waals surface area contributed by atoms with Crippen molar-refractivity contribution >= 4 is 40.3 Å². The Morgan fingerprint density at radius 3 is 2.44 bits per heavy atom.